The molecule has 0 aliphatic heterocycles. The molecular formula is C19H30Cl3N5O. The second-order valence-electron chi connectivity index (χ2n) is 6.17. The minimum Gasteiger partial charge on any atom is -0.353 e. The minimum atomic E-state index is -0.438. The second-order valence-corrected chi connectivity index (χ2v) is 6.58. The predicted molar refractivity (Wildman–Crippen MR) is 120 cm³/mol. The summed E-state index contributed by atoms with van der Waals surface area (Å²) < 4.78 is 1.69. The molecule has 1 aromatic carbocycles. The van der Waals surface area contributed by atoms with Gasteiger partial charge in [-0.15, -0.1) is 24.8 Å². The number of nitrogens with one attached hydrogen (secondary N) is 2. The third-order valence-corrected chi connectivity index (χ3v) is 4.94. The zero-order chi connectivity index (χ0) is 19.1. The summed E-state index contributed by atoms with van der Waals surface area (Å²) in [6, 6.07) is 7.39. The Kier molecular flexibility index (Phi) is 12.4. The first-order valence-corrected chi connectivity index (χ1v) is 9.31. The van der Waals surface area contributed by atoms with Crippen molar-refractivity contribution in [3.63, 3.8) is 0 Å². The lowest BCUT2D eigenvalue weighted by atomic mass is 10.0. The molecule has 0 aliphatic rings. The average Bonchev–Trinajstić information content (AvgIpc) is 3.06. The van der Waals surface area contributed by atoms with Crippen LogP contribution in [0.2, 0.25) is 5.02 Å². The van der Waals surface area contributed by atoms with E-state index in [1.54, 1.807) is 17.9 Å². The Labute approximate surface area is 184 Å². The van der Waals surface area contributed by atoms with Gasteiger partial charge in [-0.2, -0.15) is 5.10 Å². The molecule has 0 spiro atoms. The summed E-state index contributed by atoms with van der Waals surface area (Å²) in [7, 11) is 3.61. The van der Waals surface area contributed by atoms with Crippen LogP contribution in [-0.2, 0) is 11.8 Å². The second kappa shape index (κ2) is 13.0. The maximum atomic E-state index is 12.7. The number of benzene rings is 1. The molecule has 28 heavy (non-hydrogen) atoms. The van der Waals surface area contributed by atoms with E-state index in [9.17, 15) is 4.79 Å². The summed E-state index contributed by atoms with van der Waals surface area (Å²) in [6.45, 7) is 6.46. The molecular weight excluding hydrogens is 421 g/mol. The number of carbonyl (C=O) groups is 1. The van der Waals surface area contributed by atoms with Gasteiger partial charge in [0.2, 0.25) is 5.91 Å². The van der Waals surface area contributed by atoms with Gasteiger partial charge in [0.1, 0.15) is 6.04 Å². The number of carbonyl (C=O) groups excluding carboxylic acids is 1. The first-order valence-electron chi connectivity index (χ1n) is 8.93. The summed E-state index contributed by atoms with van der Waals surface area (Å²) in [5.74, 6) is -0.0790. The number of rotatable bonds is 9. The summed E-state index contributed by atoms with van der Waals surface area (Å²) in [5.41, 5.74) is 1.87. The van der Waals surface area contributed by atoms with Gasteiger partial charge in [0.15, 0.2) is 0 Å². The Hall–Kier alpha value is -1.31. The van der Waals surface area contributed by atoms with Gasteiger partial charge in [0, 0.05) is 30.4 Å². The van der Waals surface area contributed by atoms with E-state index in [4.69, 9.17) is 11.6 Å². The largest absolute Gasteiger partial charge is 0.353 e. The number of aryl methyl sites for hydroxylation is 1. The molecule has 2 aromatic rings. The fourth-order valence-corrected chi connectivity index (χ4v) is 3.44. The van der Waals surface area contributed by atoms with Gasteiger partial charge in [-0.3, -0.25) is 14.4 Å². The SMILES string of the molecule is CCN(CC)C(CNC(=O)C(NC)c1cnn(C)c1)c1ccccc1Cl.Cl.Cl. The Balaban J connectivity index is 0.00000364. The lowest BCUT2D eigenvalue weighted by Crippen LogP contribution is -2.42. The van der Waals surface area contributed by atoms with Crippen LogP contribution in [0.1, 0.15) is 37.1 Å². The number of aromatic nitrogens is 2. The number of hydrogen-bond acceptors (Lipinski definition) is 4. The van der Waals surface area contributed by atoms with Crippen LogP contribution >= 0.6 is 36.4 Å². The first kappa shape index (κ1) is 26.7. The lowest BCUT2D eigenvalue weighted by Gasteiger charge is -2.31. The van der Waals surface area contributed by atoms with Gasteiger partial charge >= 0.3 is 0 Å². The fourth-order valence-electron chi connectivity index (χ4n) is 3.18. The zero-order valence-electron chi connectivity index (χ0n) is 16.7. The fraction of sp³-hybridized carbons (Fsp3) is 0.474. The van der Waals surface area contributed by atoms with Crippen LogP contribution in [0.25, 0.3) is 0 Å². The summed E-state index contributed by atoms with van der Waals surface area (Å²) in [5, 5.41) is 11.0. The smallest absolute Gasteiger partial charge is 0.241 e. The van der Waals surface area contributed by atoms with Crippen LogP contribution in [-0.4, -0.2) is 47.3 Å². The van der Waals surface area contributed by atoms with Crippen molar-refractivity contribution in [2.45, 2.75) is 25.9 Å². The first-order chi connectivity index (χ1) is 12.5. The van der Waals surface area contributed by atoms with Crippen molar-refractivity contribution < 1.29 is 4.79 Å². The highest BCUT2D eigenvalue weighted by molar-refractivity contribution is 6.31. The van der Waals surface area contributed by atoms with Crippen molar-refractivity contribution >= 4 is 42.3 Å². The maximum absolute atomic E-state index is 12.7. The van der Waals surface area contributed by atoms with Gasteiger partial charge in [-0.1, -0.05) is 43.6 Å². The highest BCUT2D eigenvalue weighted by atomic mass is 35.5. The van der Waals surface area contributed by atoms with Crippen molar-refractivity contribution in [1.82, 2.24) is 25.3 Å². The highest BCUT2D eigenvalue weighted by Gasteiger charge is 2.24. The van der Waals surface area contributed by atoms with E-state index in [-0.39, 0.29) is 36.8 Å². The third kappa shape index (κ3) is 6.64. The molecule has 9 heteroatoms. The normalized spacial score (nSPS) is 12.6. The van der Waals surface area contributed by atoms with Crippen molar-refractivity contribution in [3.8, 4) is 0 Å². The minimum absolute atomic E-state index is 0. The molecule has 0 fully saturated rings. The molecule has 0 aliphatic carbocycles. The zero-order valence-corrected chi connectivity index (χ0v) is 19.1. The average molecular weight is 451 g/mol. The molecule has 0 bridgehead atoms. The lowest BCUT2D eigenvalue weighted by molar-refractivity contribution is -0.123. The van der Waals surface area contributed by atoms with E-state index >= 15 is 0 Å². The molecule has 158 valence electrons. The Morgan fingerprint density at radius 1 is 1.25 bits per heavy atom. The van der Waals surface area contributed by atoms with E-state index in [2.05, 4.69) is 34.5 Å². The number of nitrogens with zero attached hydrogens (tertiary/aromatic N) is 3. The van der Waals surface area contributed by atoms with E-state index in [1.807, 2.05) is 37.5 Å². The summed E-state index contributed by atoms with van der Waals surface area (Å²) >= 11 is 6.42. The van der Waals surface area contributed by atoms with Crippen LogP contribution < -0.4 is 10.6 Å². The van der Waals surface area contributed by atoms with Crippen molar-refractivity contribution in [3.05, 3.63) is 52.8 Å². The molecule has 1 heterocycles. The summed E-state index contributed by atoms with van der Waals surface area (Å²) in [6.07, 6.45) is 3.55. The Morgan fingerprint density at radius 2 is 1.89 bits per heavy atom. The Bertz CT molecular complexity index is 721. The van der Waals surface area contributed by atoms with Gasteiger partial charge in [-0.25, -0.2) is 0 Å². The maximum Gasteiger partial charge on any atom is 0.241 e. The standard InChI is InChI=1S/C19H28ClN5O.2ClH/c1-5-25(6-2)17(15-9-7-8-10-16(15)20)12-22-19(26)18(21-3)14-11-23-24(4)13-14;;/h7-11,13,17-18,21H,5-6,12H2,1-4H3,(H,22,26);2*1H. The number of amides is 1. The van der Waals surface area contributed by atoms with Crippen molar-refractivity contribution in [2.75, 3.05) is 26.7 Å². The van der Waals surface area contributed by atoms with Crippen molar-refractivity contribution in [1.29, 1.82) is 0 Å². The molecule has 0 saturated carbocycles. The van der Waals surface area contributed by atoms with E-state index < -0.39 is 6.04 Å². The third-order valence-electron chi connectivity index (χ3n) is 4.60. The van der Waals surface area contributed by atoms with Crippen LogP contribution in [0, 0.1) is 0 Å². The van der Waals surface area contributed by atoms with E-state index in [0.717, 1.165) is 29.2 Å². The van der Waals surface area contributed by atoms with Crippen LogP contribution in [0.3, 0.4) is 0 Å². The van der Waals surface area contributed by atoms with Crippen LogP contribution in [0.5, 0.6) is 0 Å². The van der Waals surface area contributed by atoms with Gasteiger partial charge < -0.3 is 10.6 Å². The van der Waals surface area contributed by atoms with Crippen LogP contribution in [0.15, 0.2) is 36.7 Å². The Morgan fingerprint density at radius 3 is 2.39 bits per heavy atom. The highest BCUT2D eigenvalue weighted by Crippen LogP contribution is 2.27. The molecule has 6 nitrogen and oxygen atoms in total. The molecule has 2 N–H and O–H groups in total. The molecule has 2 atom stereocenters. The number of likely N-dealkylation sites (N-methyl/N-ethyl adjacent to an activating group) is 2. The van der Waals surface area contributed by atoms with Gasteiger partial charge in [-0.05, 0) is 31.8 Å². The van der Waals surface area contributed by atoms with Gasteiger partial charge in [0.25, 0.3) is 0 Å². The quantitative estimate of drug-likeness (QED) is 0.615. The molecule has 2 rings (SSSR count). The molecule has 1 amide bonds. The van der Waals surface area contributed by atoms with E-state index in [0.29, 0.717) is 6.54 Å². The van der Waals surface area contributed by atoms with E-state index in [1.165, 1.54) is 0 Å². The summed E-state index contributed by atoms with van der Waals surface area (Å²) in [4.78, 5) is 15.0. The van der Waals surface area contributed by atoms with Crippen molar-refractivity contribution in [2.24, 2.45) is 7.05 Å². The molecule has 0 saturated heterocycles. The topological polar surface area (TPSA) is 62.2 Å². The number of hydrogen-bond donors (Lipinski definition) is 2. The van der Waals surface area contributed by atoms with Crippen LogP contribution in [0.4, 0.5) is 0 Å². The molecule has 1 aromatic heterocycles. The molecule has 0 radical (unpaired) electrons. The van der Waals surface area contributed by atoms with Gasteiger partial charge in [0.05, 0.1) is 12.2 Å². The number of halogens is 3. The monoisotopic (exact) mass is 449 g/mol. The predicted octanol–water partition coefficient (Wildman–Crippen LogP) is 3.38. The molecule has 2 unspecified atom stereocenters.